The first-order chi connectivity index (χ1) is 14.3. The molecule has 2 bridgehead atoms. The molecule has 3 aliphatic rings. The number of nitrogens with one attached hydrogen (secondary N) is 1. The molecule has 0 spiro atoms. The van der Waals surface area contributed by atoms with Gasteiger partial charge in [0.05, 0.1) is 11.2 Å². The Morgan fingerprint density at radius 1 is 1.07 bits per heavy atom. The van der Waals surface area contributed by atoms with E-state index in [1.54, 1.807) is 12.1 Å². The van der Waals surface area contributed by atoms with Gasteiger partial charge in [0.15, 0.2) is 12.4 Å². The molecule has 2 aromatic rings. The largest absolute Gasteiger partial charge is 0.484 e. The van der Waals surface area contributed by atoms with E-state index in [0.717, 1.165) is 25.3 Å². The van der Waals surface area contributed by atoms with Crippen LogP contribution in [-0.2, 0) is 9.59 Å². The summed E-state index contributed by atoms with van der Waals surface area (Å²) in [4.78, 5) is 28.3. The van der Waals surface area contributed by atoms with Crippen LogP contribution in [0.2, 0.25) is 10.2 Å². The van der Waals surface area contributed by atoms with E-state index in [-0.39, 0.29) is 46.6 Å². The smallest absolute Gasteiger partial charge is 0.258 e. The number of rotatable bonds is 9. The Kier molecular flexibility index (Phi) is 5.59. The second-order valence-electron chi connectivity index (χ2n) is 8.04. The zero-order valence-electron chi connectivity index (χ0n) is 15.9. The normalized spacial score (nSPS) is 23.7. The minimum Gasteiger partial charge on any atom is -0.484 e. The third kappa shape index (κ3) is 4.52. The van der Waals surface area contributed by atoms with Crippen LogP contribution in [0.15, 0.2) is 36.5 Å². The number of halogens is 3. The van der Waals surface area contributed by atoms with Crippen molar-refractivity contribution in [1.82, 2.24) is 10.3 Å². The van der Waals surface area contributed by atoms with Gasteiger partial charge in [0.25, 0.3) is 5.91 Å². The van der Waals surface area contributed by atoms with Crippen molar-refractivity contribution in [3.63, 3.8) is 0 Å². The molecular weight excluding hydrogens is 434 g/mol. The molecular formula is C21H19Cl2FN2O4. The number of carbonyl (C=O) groups excluding carboxylic acids is 2. The first kappa shape index (κ1) is 20.9. The average Bonchev–Trinajstić information content (AvgIpc) is 2.66. The van der Waals surface area contributed by atoms with Gasteiger partial charge in [0, 0.05) is 18.0 Å². The number of hydrogen-bond donors (Lipinski definition) is 1. The summed E-state index contributed by atoms with van der Waals surface area (Å²) in [7, 11) is 0. The van der Waals surface area contributed by atoms with Gasteiger partial charge in [-0.25, -0.2) is 9.37 Å². The number of aromatic nitrogens is 1. The number of Topliss-reactive ketones (excluding diaryl/α,β-unsaturated/α-hetero) is 1. The molecule has 1 amide bonds. The average molecular weight is 453 g/mol. The Bertz CT molecular complexity index is 964. The molecule has 3 saturated carbocycles. The van der Waals surface area contributed by atoms with Gasteiger partial charge in [-0.2, -0.15) is 0 Å². The molecule has 6 nitrogen and oxygen atoms in total. The minimum absolute atomic E-state index is 0.00394. The van der Waals surface area contributed by atoms with Gasteiger partial charge < -0.3 is 14.8 Å². The van der Waals surface area contributed by atoms with Crippen molar-refractivity contribution in [3.8, 4) is 11.5 Å². The number of carbonyl (C=O) groups is 2. The van der Waals surface area contributed by atoms with Gasteiger partial charge >= 0.3 is 0 Å². The van der Waals surface area contributed by atoms with Crippen LogP contribution in [0.25, 0.3) is 0 Å². The predicted octanol–water partition coefficient (Wildman–Crippen LogP) is 3.98. The highest BCUT2D eigenvalue weighted by atomic mass is 35.5. The van der Waals surface area contributed by atoms with E-state index in [4.69, 9.17) is 32.7 Å². The third-order valence-electron chi connectivity index (χ3n) is 5.48. The number of ketones is 1. The van der Waals surface area contributed by atoms with E-state index in [2.05, 4.69) is 10.3 Å². The summed E-state index contributed by atoms with van der Waals surface area (Å²) in [6, 6.07) is 7.28. The third-order valence-corrected chi connectivity index (χ3v) is 6.01. The number of amides is 1. The maximum atomic E-state index is 13.4. The molecule has 1 N–H and O–H groups in total. The molecule has 158 valence electrons. The lowest BCUT2D eigenvalue weighted by Crippen LogP contribution is -2.75. The molecule has 3 aliphatic carbocycles. The molecule has 0 aliphatic heterocycles. The number of ether oxygens (including phenoxy) is 2. The van der Waals surface area contributed by atoms with Gasteiger partial charge in [-0.3, -0.25) is 9.59 Å². The maximum absolute atomic E-state index is 13.4. The van der Waals surface area contributed by atoms with Crippen LogP contribution in [-0.4, -0.2) is 35.4 Å². The molecule has 0 unspecified atom stereocenters. The fourth-order valence-corrected chi connectivity index (χ4v) is 4.68. The highest BCUT2D eigenvalue weighted by molar-refractivity contribution is 6.30. The molecule has 3 fully saturated rings. The van der Waals surface area contributed by atoms with Gasteiger partial charge in [0.2, 0.25) is 0 Å². The standard InChI is InChI=1S/C21H19Cl2FN2O4/c22-16-3-1-14(5-17(16)24)30-9-19(28)26-21-10-20(11-21,12-21)6-13(27)8-29-15-2-4-18(23)25-7-15/h1-5,7H,6,8-12H2,(H,26,28). The van der Waals surface area contributed by atoms with Crippen molar-refractivity contribution in [3.05, 3.63) is 52.5 Å². The molecule has 1 aromatic heterocycles. The summed E-state index contributed by atoms with van der Waals surface area (Å²) in [5.41, 5.74) is -0.306. The van der Waals surface area contributed by atoms with Crippen molar-refractivity contribution < 1.29 is 23.5 Å². The van der Waals surface area contributed by atoms with Crippen LogP contribution in [0.5, 0.6) is 11.5 Å². The van der Waals surface area contributed by atoms with E-state index in [0.29, 0.717) is 17.3 Å². The number of hydrogen-bond acceptors (Lipinski definition) is 5. The monoisotopic (exact) mass is 452 g/mol. The lowest BCUT2D eigenvalue weighted by atomic mass is 9.38. The van der Waals surface area contributed by atoms with Crippen LogP contribution in [0.1, 0.15) is 25.7 Å². The maximum Gasteiger partial charge on any atom is 0.258 e. The van der Waals surface area contributed by atoms with E-state index < -0.39 is 5.82 Å². The van der Waals surface area contributed by atoms with E-state index >= 15 is 0 Å². The summed E-state index contributed by atoms with van der Waals surface area (Å²) in [5, 5.41) is 3.33. The lowest BCUT2D eigenvalue weighted by Gasteiger charge is -2.70. The number of benzene rings is 1. The van der Waals surface area contributed by atoms with Gasteiger partial charge in [-0.15, -0.1) is 0 Å². The van der Waals surface area contributed by atoms with Gasteiger partial charge in [-0.1, -0.05) is 23.2 Å². The molecule has 0 saturated heterocycles. The van der Waals surface area contributed by atoms with Crippen LogP contribution in [0, 0.1) is 11.2 Å². The first-order valence-corrected chi connectivity index (χ1v) is 10.2. The zero-order chi connectivity index (χ0) is 21.4. The Labute approximate surface area is 182 Å². The van der Waals surface area contributed by atoms with Crippen LogP contribution in [0.3, 0.4) is 0 Å². The van der Waals surface area contributed by atoms with E-state index in [1.165, 1.54) is 18.3 Å². The Morgan fingerprint density at radius 2 is 1.77 bits per heavy atom. The fraction of sp³-hybridized carbons (Fsp3) is 0.381. The Morgan fingerprint density at radius 3 is 2.43 bits per heavy atom. The SMILES string of the molecule is O=C(COc1ccc(Cl)nc1)CC12CC(NC(=O)COc3ccc(Cl)c(F)c3)(C1)C2. The second kappa shape index (κ2) is 8.04. The topological polar surface area (TPSA) is 77.5 Å². The van der Waals surface area contributed by atoms with Crippen molar-refractivity contribution >= 4 is 34.9 Å². The summed E-state index contributed by atoms with van der Waals surface area (Å²) in [5.74, 6) is -0.129. The minimum atomic E-state index is -0.600. The van der Waals surface area contributed by atoms with E-state index in [1.807, 2.05) is 0 Å². The molecule has 0 atom stereocenters. The molecule has 1 aromatic carbocycles. The number of nitrogens with zero attached hydrogens (tertiary/aromatic N) is 1. The van der Waals surface area contributed by atoms with Crippen LogP contribution >= 0.6 is 23.2 Å². The van der Waals surface area contributed by atoms with Crippen molar-refractivity contribution in [2.75, 3.05) is 13.2 Å². The fourth-order valence-electron chi connectivity index (χ4n) is 4.45. The molecule has 5 rings (SSSR count). The van der Waals surface area contributed by atoms with Crippen molar-refractivity contribution in [2.24, 2.45) is 5.41 Å². The molecule has 1 heterocycles. The van der Waals surface area contributed by atoms with Crippen molar-refractivity contribution in [1.29, 1.82) is 0 Å². The van der Waals surface area contributed by atoms with E-state index in [9.17, 15) is 14.0 Å². The Balaban J connectivity index is 1.17. The predicted molar refractivity (Wildman–Crippen MR) is 108 cm³/mol. The molecule has 9 heteroatoms. The van der Waals surface area contributed by atoms with Crippen LogP contribution < -0.4 is 14.8 Å². The lowest BCUT2D eigenvalue weighted by molar-refractivity contribution is -0.173. The highest BCUT2D eigenvalue weighted by Crippen LogP contribution is 2.68. The van der Waals surface area contributed by atoms with Crippen LogP contribution in [0.4, 0.5) is 4.39 Å². The molecule has 30 heavy (non-hydrogen) atoms. The summed E-state index contributed by atoms with van der Waals surface area (Å²) in [6.45, 7) is -0.229. The van der Waals surface area contributed by atoms with Gasteiger partial charge in [0.1, 0.15) is 29.1 Å². The van der Waals surface area contributed by atoms with Crippen molar-refractivity contribution in [2.45, 2.75) is 31.2 Å². The summed E-state index contributed by atoms with van der Waals surface area (Å²) in [6.07, 6.45) is 4.18. The first-order valence-electron chi connectivity index (χ1n) is 9.42. The zero-order valence-corrected chi connectivity index (χ0v) is 17.4. The number of pyridine rings is 1. The van der Waals surface area contributed by atoms with Gasteiger partial charge in [-0.05, 0) is 48.9 Å². The molecule has 0 radical (unpaired) electrons. The second-order valence-corrected chi connectivity index (χ2v) is 8.84. The summed E-state index contributed by atoms with van der Waals surface area (Å²) < 4.78 is 24.2. The summed E-state index contributed by atoms with van der Waals surface area (Å²) >= 11 is 11.3. The Hall–Kier alpha value is -2.38. The quantitative estimate of drug-likeness (QED) is 0.582. The highest BCUT2D eigenvalue weighted by Gasteiger charge is 2.68.